The molecule has 0 saturated carbocycles. The molecule has 72 valence electrons. The van der Waals surface area contributed by atoms with Crippen LogP contribution in [-0.4, -0.2) is 33.5 Å². The van der Waals surface area contributed by atoms with Gasteiger partial charge in [-0.25, -0.2) is 0 Å². The third-order valence-electron chi connectivity index (χ3n) is 2.20. The van der Waals surface area contributed by atoms with Gasteiger partial charge in [0.1, 0.15) is 0 Å². The summed E-state index contributed by atoms with van der Waals surface area (Å²) in [6, 6.07) is 0. The minimum Gasteiger partial charge on any atom is -0.481 e. The van der Waals surface area contributed by atoms with Crippen molar-refractivity contribution in [3.8, 4) is 0 Å². The molecule has 4 atom stereocenters. The average molecular weight is 176 g/mol. The van der Waals surface area contributed by atoms with Crippen molar-refractivity contribution in [2.45, 2.75) is 33.0 Å². The van der Waals surface area contributed by atoms with E-state index in [-0.39, 0.29) is 0 Å². The molecule has 0 saturated heterocycles. The zero-order chi connectivity index (χ0) is 9.89. The Balaban J connectivity index is 4.18. The van der Waals surface area contributed by atoms with Crippen LogP contribution in [0.2, 0.25) is 0 Å². The van der Waals surface area contributed by atoms with E-state index in [2.05, 4.69) is 0 Å². The first-order chi connectivity index (χ1) is 5.37. The van der Waals surface area contributed by atoms with Crippen LogP contribution in [0.3, 0.4) is 0 Å². The Hall–Kier alpha value is -0.610. The Morgan fingerprint density at radius 1 is 1.17 bits per heavy atom. The van der Waals surface area contributed by atoms with E-state index in [0.29, 0.717) is 0 Å². The number of aliphatic hydroxyl groups is 2. The lowest BCUT2D eigenvalue weighted by Crippen LogP contribution is -2.36. The number of aliphatic hydroxyl groups excluding tert-OH is 2. The van der Waals surface area contributed by atoms with Crippen molar-refractivity contribution in [2.75, 3.05) is 0 Å². The minimum absolute atomic E-state index is 0.420. The van der Waals surface area contributed by atoms with Crippen molar-refractivity contribution in [3.05, 3.63) is 0 Å². The average Bonchev–Trinajstić information content (AvgIpc) is 2.00. The highest BCUT2D eigenvalue weighted by atomic mass is 16.4. The first-order valence-corrected chi connectivity index (χ1v) is 3.96. The highest BCUT2D eigenvalue weighted by Crippen LogP contribution is 2.16. The van der Waals surface area contributed by atoms with Crippen LogP contribution in [0, 0.1) is 11.8 Å². The lowest BCUT2D eigenvalue weighted by Gasteiger charge is -2.24. The van der Waals surface area contributed by atoms with Gasteiger partial charge in [-0.05, 0) is 13.8 Å². The van der Waals surface area contributed by atoms with E-state index >= 15 is 0 Å². The van der Waals surface area contributed by atoms with Gasteiger partial charge in [0.05, 0.1) is 18.1 Å². The molecule has 0 radical (unpaired) electrons. The summed E-state index contributed by atoms with van der Waals surface area (Å²) in [5.41, 5.74) is 0. The molecule has 0 rings (SSSR count). The Morgan fingerprint density at radius 2 is 1.58 bits per heavy atom. The van der Waals surface area contributed by atoms with E-state index < -0.39 is 30.0 Å². The van der Waals surface area contributed by atoms with Crippen molar-refractivity contribution in [1.82, 2.24) is 0 Å². The number of carboxylic acids is 1. The molecule has 0 heterocycles. The third kappa shape index (κ3) is 2.79. The molecule has 0 aromatic heterocycles. The monoisotopic (exact) mass is 176 g/mol. The second kappa shape index (κ2) is 4.42. The number of hydrogen-bond donors (Lipinski definition) is 3. The highest BCUT2D eigenvalue weighted by Gasteiger charge is 2.28. The fourth-order valence-electron chi connectivity index (χ4n) is 0.887. The Kier molecular flexibility index (Phi) is 4.20. The van der Waals surface area contributed by atoms with Gasteiger partial charge < -0.3 is 15.3 Å². The van der Waals surface area contributed by atoms with Crippen LogP contribution >= 0.6 is 0 Å². The zero-order valence-corrected chi connectivity index (χ0v) is 7.56. The first-order valence-electron chi connectivity index (χ1n) is 3.96. The van der Waals surface area contributed by atoms with E-state index in [4.69, 9.17) is 10.2 Å². The highest BCUT2D eigenvalue weighted by molar-refractivity contribution is 5.70. The van der Waals surface area contributed by atoms with Gasteiger partial charge in [-0.15, -0.1) is 0 Å². The molecule has 0 aromatic carbocycles. The van der Waals surface area contributed by atoms with Crippen LogP contribution in [-0.2, 0) is 4.79 Å². The summed E-state index contributed by atoms with van der Waals surface area (Å²) in [6.45, 7) is 4.57. The zero-order valence-electron chi connectivity index (χ0n) is 7.56. The molecule has 3 N–H and O–H groups in total. The smallest absolute Gasteiger partial charge is 0.308 e. The van der Waals surface area contributed by atoms with Gasteiger partial charge in [-0.1, -0.05) is 6.92 Å². The number of carbonyl (C=O) groups is 1. The quantitative estimate of drug-likeness (QED) is 0.567. The summed E-state index contributed by atoms with van der Waals surface area (Å²) in [5.74, 6) is -2.30. The van der Waals surface area contributed by atoms with Crippen LogP contribution in [0.5, 0.6) is 0 Å². The molecular weight excluding hydrogens is 160 g/mol. The molecule has 0 bridgehead atoms. The van der Waals surface area contributed by atoms with Gasteiger partial charge in [0.2, 0.25) is 0 Å². The van der Waals surface area contributed by atoms with Crippen molar-refractivity contribution in [3.63, 3.8) is 0 Å². The predicted octanol–water partition coefficient (Wildman–Crippen LogP) is 0.0849. The Morgan fingerprint density at radius 3 is 1.83 bits per heavy atom. The van der Waals surface area contributed by atoms with E-state index in [1.807, 2.05) is 0 Å². The molecule has 4 heteroatoms. The first kappa shape index (κ1) is 11.4. The minimum atomic E-state index is -1.05. The van der Waals surface area contributed by atoms with E-state index in [1.54, 1.807) is 6.92 Å². The molecule has 4 nitrogen and oxygen atoms in total. The summed E-state index contributed by atoms with van der Waals surface area (Å²) in [6.07, 6.45) is -1.69. The van der Waals surface area contributed by atoms with E-state index in [0.717, 1.165) is 0 Å². The van der Waals surface area contributed by atoms with Gasteiger partial charge in [-0.2, -0.15) is 0 Å². The van der Waals surface area contributed by atoms with Crippen molar-refractivity contribution < 1.29 is 20.1 Å². The fourth-order valence-corrected chi connectivity index (χ4v) is 0.887. The Labute approximate surface area is 71.8 Å². The topological polar surface area (TPSA) is 77.8 Å². The second-order valence-electron chi connectivity index (χ2n) is 3.22. The van der Waals surface area contributed by atoms with Crippen LogP contribution in [0.1, 0.15) is 20.8 Å². The molecule has 0 aromatic rings. The normalized spacial score (nSPS) is 21.1. The van der Waals surface area contributed by atoms with Gasteiger partial charge in [0.25, 0.3) is 0 Å². The maximum Gasteiger partial charge on any atom is 0.308 e. The summed E-state index contributed by atoms with van der Waals surface area (Å²) in [5, 5.41) is 27.0. The maximum absolute atomic E-state index is 10.4. The van der Waals surface area contributed by atoms with E-state index in [1.165, 1.54) is 13.8 Å². The molecule has 0 amide bonds. The summed E-state index contributed by atoms with van der Waals surface area (Å²) >= 11 is 0. The molecule has 0 aliphatic carbocycles. The lowest BCUT2D eigenvalue weighted by molar-refractivity contribution is -0.147. The van der Waals surface area contributed by atoms with Crippen molar-refractivity contribution >= 4 is 5.97 Å². The molecule has 0 fully saturated rings. The van der Waals surface area contributed by atoms with Crippen molar-refractivity contribution in [1.29, 1.82) is 0 Å². The summed E-state index contributed by atoms with van der Waals surface area (Å²) in [7, 11) is 0. The predicted molar refractivity (Wildman–Crippen MR) is 43.7 cm³/mol. The van der Waals surface area contributed by atoms with Gasteiger partial charge in [0.15, 0.2) is 0 Å². The standard InChI is InChI=1S/C8H16O4/c1-4(6(3)9)7(10)5(2)8(11)12/h4-7,9-10H,1-3H3,(H,11,12)/t4?,5-,6?,7+/m1/s1. The lowest BCUT2D eigenvalue weighted by atomic mass is 9.90. The van der Waals surface area contributed by atoms with Gasteiger partial charge >= 0.3 is 5.97 Å². The summed E-state index contributed by atoms with van der Waals surface area (Å²) in [4.78, 5) is 10.4. The van der Waals surface area contributed by atoms with Crippen LogP contribution < -0.4 is 0 Å². The third-order valence-corrected chi connectivity index (χ3v) is 2.20. The van der Waals surface area contributed by atoms with Crippen LogP contribution in [0.25, 0.3) is 0 Å². The number of rotatable bonds is 4. The van der Waals surface area contributed by atoms with Crippen molar-refractivity contribution in [2.24, 2.45) is 11.8 Å². The van der Waals surface area contributed by atoms with Gasteiger partial charge in [-0.3, -0.25) is 4.79 Å². The fraction of sp³-hybridized carbons (Fsp3) is 0.875. The number of hydrogen-bond acceptors (Lipinski definition) is 3. The van der Waals surface area contributed by atoms with Crippen LogP contribution in [0.4, 0.5) is 0 Å². The van der Waals surface area contributed by atoms with E-state index in [9.17, 15) is 9.90 Å². The summed E-state index contributed by atoms with van der Waals surface area (Å²) < 4.78 is 0. The Bertz CT molecular complexity index is 155. The molecule has 0 spiro atoms. The molecule has 12 heavy (non-hydrogen) atoms. The molecule has 2 unspecified atom stereocenters. The SMILES string of the molecule is CC(O)C(C)[C@H](O)[C@@H](C)C(=O)O. The molecular formula is C8H16O4. The maximum atomic E-state index is 10.4. The van der Waals surface area contributed by atoms with Crippen LogP contribution in [0.15, 0.2) is 0 Å². The largest absolute Gasteiger partial charge is 0.481 e. The number of aliphatic carboxylic acids is 1. The molecule has 0 aliphatic rings. The second-order valence-corrected chi connectivity index (χ2v) is 3.22. The molecule has 0 aliphatic heterocycles. The number of carboxylic acid groups (broad SMARTS) is 1. The van der Waals surface area contributed by atoms with Gasteiger partial charge in [0, 0.05) is 5.92 Å².